The van der Waals surface area contributed by atoms with Gasteiger partial charge in [-0.15, -0.1) is 0 Å². The predicted molar refractivity (Wildman–Crippen MR) is 85.2 cm³/mol. The Balaban J connectivity index is -0.000000147. The summed E-state index contributed by atoms with van der Waals surface area (Å²) in [4.78, 5) is 3.17. The van der Waals surface area contributed by atoms with Crippen LogP contribution < -0.4 is 4.98 Å². The highest BCUT2D eigenvalue weighted by molar-refractivity contribution is 6.54. The van der Waals surface area contributed by atoms with E-state index < -0.39 is 17.9 Å². The average Bonchev–Trinajstić information content (AvgIpc) is 2.04. The van der Waals surface area contributed by atoms with Crippen molar-refractivity contribution in [2.45, 2.75) is 45.8 Å². The van der Waals surface area contributed by atoms with Crippen molar-refractivity contribution in [1.82, 2.24) is 9.55 Å². The number of nitrogens with zero attached hydrogens (tertiary/aromatic N) is 1. The molecule has 0 saturated heterocycles. The summed E-state index contributed by atoms with van der Waals surface area (Å²) in [5.74, 6) is 0. The Morgan fingerprint density at radius 1 is 0.800 bits per heavy atom. The lowest BCUT2D eigenvalue weighted by molar-refractivity contribution is 0.648. The molecule has 0 aliphatic heterocycles. The Hall–Kier alpha value is 0.571. The van der Waals surface area contributed by atoms with Crippen molar-refractivity contribution in [3.63, 3.8) is 0 Å². The second-order valence-corrected chi connectivity index (χ2v) is 14.8. The summed E-state index contributed by atoms with van der Waals surface area (Å²) in [5.41, 5.74) is 0. The molecule has 0 atom stereocenters. The highest BCUT2D eigenvalue weighted by atomic mass is 28.3. The second kappa shape index (κ2) is 14.6. The van der Waals surface area contributed by atoms with E-state index in [4.69, 9.17) is 0 Å². The Kier molecular flexibility index (Phi) is 20.3. The van der Waals surface area contributed by atoms with Gasteiger partial charge in [-0.1, -0.05) is 45.8 Å². The molecule has 0 amide bonds. The Morgan fingerprint density at radius 2 is 0.933 bits per heavy atom. The molecular formula is C10H34N2Si3. The molecule has 0 aromatic carbocycles. The maximum Gasteiger partial charge on any atom is 0.105 e. The third-order valence-electron chi connectivity index (χ3n) is 1.61. The van der Waals surface area contributed by atoms with Crippen molar-refractivity contribution in [3.8, 4) is 0 Å². The Labute approximate surface area is 103 Å². The van der Waals surface area contributed by atoms with E-state index in [1.807, 2.05) is 7.05 Å². The van der Waals surface area contributed by atoms with E-state index in [1.165, 1.54) is 0 Å². The minimum absolute atomic E-state index is 0.139. The molecule has 15 heavy (non-hydrogen) atoms. The molecule has 0 aromatic rings. The van der Waals surface area contributed by atoms with Crippen molar-refractivity contribution in [3.05, 3.63) is 0 Å². The fourth-order valence-electron chi connectivity index (χ4n) is 0. The van der Waals surface area contributed by atoms with Crippen molar-refractivity contribution >= 4 is 26.7 Å². The Bertz CT molecular complexity index is 98.1. The number of rotatable bonds is 2. The molecule has 0 spiro atoms. The van der Waals surface area contributed by atoms with Gasteiger partial charge < -0.3 is 9.55 Å². The van der Waals surface area contributed by atoms with E-state index in [-0.39, 0.29) is 8.80 Å². The summed E-state index contributed by atoms with van der Waals surface area (Å²) in [6.07, 6.45) is 0. The lowest BCUT2D eigenvalue weighted by Crippen LogP contribution is -2.25. The van der Waals surface area contributed by atoms with E-state index in [2.05, 4.69) is 69.5 Å². The fourth-order valence-corrected chi connectivity index (χ4v) is 0. The zero-order chi connectivity index (χ0) is 13.0. The lowest BCUT2D eigenvalue weighted by Gasteiger charge is -2.10. The molecule has 0 heterocycles. The number of hydrogen-bond donors (Lipinski definition) is 1. The molecule has 0 saturated carbocycles. The van der Waals surface area contributed by atoms with Gasteiger partial charge in [-0.05, 0) is 21.1 Å². The molecule has 0 bridgehead atoms. The summed E-state index contributed by atoms with van der Waals surface area (Å²) in [6.45, 7) is 16.0. The van der Waals surface area contributed by atoms with Crippen molar-refractivity contribution in [1.29, 1.82) is 0 Å². The Morgan fingerprint density at radius 3 is 0.933 bits per heavy atom. The predicted octanol–water partition coefficient (Wildman–Crippen LogP) is 1.82. The first-order chi connectivity index (χ1) is 6.64. The lowest BCUT2D eigenvalue weighted by atomic mass is 11.3. The van der Waals surface area contributed by atoms with Crippen LogP contribution in [-0.4, -0.2) is 52.4 Å². The maximum atomic E-state index is 3.17. The van der Waals surface area contributed by atoms with Gasteiger partial charge in [-0.2, -0.15) is 0 Å². The second-order valence-electron chi connectivity index (χ2n) is 5.23. The summed E-state index contributed by atoms with van der Waals surface area (Å²) >= 11 is 0. The monoisotopic (exact) mass is 266 g/mol. The molecule has 0 aliphatic rings. The van der Waals surface area contributed by atoms with Crippen LogP contribution in [0.25, 0.3) is 0 Å². The van der Waals surface area contributed by atoms with E-state index >= 15 is 0 Å². The van der Waals surface area contributed by atoms with E-state index in [9.17, 15) is 0 Å². The van der Waals surface area contributed by atoms with Crippen LogP contribution in [0.1, 0.15) is 0 Å². The first-order valence-corrected chi connectivity index (χ1v) is 15.2. The van der Waals surface area contributed by atoms with E-state index in [0.29, 0.717) is 0 Å². The van der Waals surface area contributed by atoms with Crippen LogP contribution in [0, 0.1) is 0 Å². The van der Waals surface area contributed by atoms with Gasteiger partial charge in [-0.3, -0.25) is 0 Å². The SMILES string of the molecule is CN(C)[SiH](C)C.CN[SiH](C)C.C[SiH](C)C. The largest absolute Gasteiger partial charge is 0.343 e. The molecule has 0 unspecified atom stereocenters. The molecule has 0 rings (SSSR count). The first kappa shape index (κ1) is 20.9. The van der Waals surface area contributed by atoms with Crippen LogP contribution in [0.2, 0.25) is 45.8 Å². The highest BCUT2D eigenvalue weighted by Gasteiger charge is 1.93. The van der Waals surface area contributed by atoms with Gasteiger partial charge in [0, 0.05) is 8.80 Å². The first-order valence-electron chi connectivity index (χ1n) is 5.98. The van der Waals surface area contributed by atoms with Gasteiger partial charge in [0.15, 0.2) is 0 Å². The molecule has 0 aromatic heterocycles. The van der Waals surface area contributed by atoms with Crippen LogP contribution in [0.4, 0.5) is 0 Å². The van der Waals surface area contributed by atoms with Crippen LogP contribution in [0.3, 0.4) is 0 Å². The van der Waals surface area contributed by atoms with Crippen molar-refractivity contribution in [2.75, 3.05) is 21.1 Å². The van der Waals surface area contributed by atoms with E-state index in [1.54, 1.807) is 0 Å². The summed E-state index contributed by atoms with van der Waals surface area (Å²) < 4.78 is 2.31. The summed E-state index contributed by atoms with van der Waals surface area (Å²) in [5, 5.41) is 0. The maximum absolute atomic E-state index is 3.17. The number of nitrogens with one attached hydrogen (secondary N) is 1. The van der Waals surface area contributed by atoms with Crippen molar-refractivity contribution in [2.24, 2.45) is 0 Å². The molecule has 96 valence electrons. The van der Waals surface area contributed by atoms with Crippen LogP contribution in [-0.2, 0) is 0 Å². The molecule has 0 radical (unpaired) electrons. The molecular weight excluding hydrogens is 232 g/mol. The standard InChI is InChI=1S/C4H13NSi.C3H11NSi.C3H10Si/c1-5(2)6(3)4;1-4-5(2)3;1-4(2)3/h6H,1-4H3;4-5H,1-3H3;4H,1-3H3. The van der Waals surface area contributed by atoms with Gasteiger partial charge in [0.1, 0.15) is 17.9 Å². The van der Waals surface area contributed by atoms with Gasteiger partial charge in [0.05, 0.1) is 0 Å². The smallest absolute Gasteiger partial charge is 0.105 e. The van der Waals surface area contributed by atoms with Crippen LogP contribution in [0.5, 0.6) is 0 Å². The van der Waals surface area contributed by atoms with Gasteiger partial charge >= 0.3 is 0 Å². The average molecular weight is 267 g/mol. The normalized spacial score (nSPS) is 10.0. The molecule has 5 heteroatoms. The minimum atomic E-state index is -0.410. The zero-order valence-corrected chi connectivity index (χ0v) is 16.1. The number of hydrogen-bond acceptors (Lipinski definition) is 2. The highest BCUT2D eigenvalue weighted by Crippen LogP contribution is 1.79. The van der Waals surface area contributed by atoms with E-state index in [0.717, 1.165) is 0 Å². The fraction of sp³-hybridized carbons (Fsp3) is 1.00. The molecule has 0 fully saturated rings. The third kappa shape index (κ3) is 53.3. The van der Waals surface area contributed by atoms with Crippen LogP contribution in [0.15, 0.2) is 0 Å². The minimum Gasteiger partial charge on any atom is -0.343 e. The van der Waals surface area contributed by atoms with Crippen LogP contribution >= 0.6 is 0 Å². The third-order valence-corrected chi connectivity index (χ3v) is 4.83. The molecule has 0 aliphatic carbocycles. The molecule has 1 N–H and O–H groups in total. The summed E-state index contributed by atoms with van der Waals surface area (Å²) in [7, 11) is 5.33. The summed E-state index contributed by atoms with van der Waals surface area (Å²) in [6, 6.07) is 0. The van der Waals surface area contributed by atoms with Gasteiger partial charge in [-0.25, -0.2) is 0 Å². The van der Waals surface area contributed by atoms with Crippen molar-refractivity contribution < 1.29 is 0 Å². The molecule has 2 nitrogen and oxygen atoms in total. The van der Waals surface area contributed by atoms with Gasteiger partial charge in [0.2, 0.25) is 0 Å². The quantitative estimate of drug-likeness (QED) is 0.767. The topological polar surface area (TPSA) is 15.3 Å². The van der Waals surface area contributed by atoms with Gasteiger partial charge in [0.25, 0.3) is 0 Å². The zero-order valence-electron chi connectivity index (χ0n) is 12.7.